The third-order valence-corrected chi connectivity index (χ3v) is 16.5. The van der Waals surface area contributed by atoms with Crippen molar-refractivity contribution in [2.45, 2.75) is 0 Å². The van der Waals surface area contributed by atoms with E-state index >= 15 is 0 Å². The van der Waals surface area contributed by atoms with E-state index in [1.165, 1.54) is 140 Å². The zero-order valence-electron chi connectivity index (χ0n) is 37.8. The summed E-state index contributed by atoms with van der Waals surface area (Å²) < 4.78 is 8.92. The van der Waals surface area contributed by atoms with Crippen molar-refractivity contribution in [3.05, 3.63) is 231 Å². The molecule has 0 bridgehead atoms. The van der Waals surface area contributed by atoms with E-state index in [1.54, 1.807) is 0 Å². The zero-order valence-corrected chi connectivity index (χ0v) is 38.6. The van der Waals surface area contributed by atoms with Crippen LogP contribution in [0.2, 0.25) is 0 Å². The van der Waals surface area contributed by atoms with Crippen LogP contribution >= 0.6 is 11.3 Å². The number of para-hydroxylation sites is 1. The summed E-state index contributed by atoms with van der Waals surface area (Å²) in [5.41, 5.74) is 9.29. The number of benzene rings is 14. The Morgan fingerprint density at radius 2 is 0.600 bits per heavy atom. The highest BCUT2D eigenvalue weighted by atomic mass is 32.1. The minimum absolute atomic E-state index is 0.907. The molecule has 16 rings (SSSR count). The van der Waals surface area contributed by atoms with E-state index in [-0.39, 0.29) is 0 Å². The predicted octanol–water partition coefficient (Wildman–Crippen LogP) is 20.2. The summed E-state index contributed by atoms with van der Waals surface area (Å²) in [5.74, 6) is 0. The van der Waals surface area contributed by atoms with Crippen molar-refractivity contribution >= 4 is 140 Å². The van der Waals surface area contributed by atoms with Gasteiger partial charge in [0.25, 0.3) is 0 Å². The average molecular weight is 903 g/mol. The second-order valence-electron chi connectivity index (χ2n) is 19.0. The Hall–Kier alpha value is -8.82. The quantitative estimate of drug-likeness (QED) is 0.127. The molecule has 0 fully saturated rings. The average Bonchev–Trinajstić information content (AvgIpc) is 3.98. The molecule has 2 heteroatoms. The largest absolute Gasteiger partial charge is 0.456 e. The Balaban J connectivity index is 0.936. The highest BCUT2D eigenvalue weighted by Gasteiger charge is 2.23. The van der Waals surface area contributed by atoms with Gasteiger partial charge in [0.15, 0.2) is 0 Å². The molecule has 0 radical (unpaired) electrons. The molecule has 0 amide bonds. The van der Waals surface area contributed by atoms with Crippen molar-refractivity contribution in [1.29, 1.82) is 0 Å². The first-order valence-electron chi connectivity index (χ1n) is 24.1. The molecule has 2 heterocycles. The van der Waals surface area contributed by atoms with Gasteiger partial charge in [0, 0.05) is 30.9 Å². The number of thiophene rings is 1. The van der Waals surface area contributed by atoms with Gasteiger partial charge in [-0.15, -0.1) is 11.3 Å². The molecule has 16 aromatic rings. The molecule has 0 unspecified atom stereocenters. The number of furan rings is 1. The van der Waals surface area contributed by atoms with E-state index in [2.05, 4.69) is 224 Å². The van der Waals surface area contributed by atoms with Crippen molar-refractivity contribution in [1.82, 2.24) is 0 Å². The van der Waals surface area contributed by atoms with E-state index in [4.69, 9.17) is 4.42 Å². The van der Waals surface area contributed by atoms with Crippen molar-refractivity contribution in [2.75, 3.05) is 0 Å². The van der Waals surface area contributed by atoms with Gasteiger partial charge in [-0.2, -0.15) is 0 Å². The molecular formula is C68H38OS. The molecule has 0 aliphatic carbocycles. The first-order chi connectivity index (χ1) is 34.7. The fraction of sp³-hybridized carbons (Fsp3) is 0. The zero-order chi connectivity index (χ0) is 45.6. The number of rotatable bonds is 3. The molecule has 0 atom stereocenters. The van der Waals surface area contributed by atoms with Crippen LogP contribution in [0.15, 0.2) is 235 Å². The predicted molar refractivity (Wildman–Crippen MR) is 303 cm³/mol. The lowest BCUT2D eigenvalue weighted by Crippen LogP contribution is -1.94. The van der Waals surface area contributed by atoms with Crippen LogP contribution < -0.4 is 0 Å². The molecular weight excluding hydrogens is 865 g/mol. The van der Waals surface area contributed by atoms with Gasteiger partial charge in [0.05, 0.1) is 0 Å². The molecule has 322 valence electrons. The van der Waals surface area contributed by atoms with E-state index in [0.717, 1.165) is 21.9 Å². The van der Waals surface area contributed by atoms with E-state index in [1.807, 2.05) is 17.4 Å². The van der Waals surface area contributed by atoms with Gasteiger partial charge in [-0.3, -0.25) is 0 Å². The Morgan fingerprint density at radius 3 is 1.16 bits per heavy atom. The van der Waals surface area contributed by atoms with Crippen molar-refractivity contribution in [3.63, 3.8) is 0 Å². The Labute approximate surface area is 405 Å². The molecule has 0 saturated carbocycles. The molecule has 0 N–H and O–H groups in total. The lowest BCUT2D eigenvalue weighted by molar-refractivity contribution is 0.669. The Kier molecular flexibility index (Phi) is 7.83. The molecule has 70 heavy (non-hydrogen) atoms. The van der Waals surface area contributed by atoms with Crippen molar-refractivity contribution in [3.8, 4) is 33.4 Å². The molecule has 14 aromatic carbocycles. The van der Waals surface area contributed by atoms with Gasteiger partial charge >= 0.3 is 0 Å². The second-order valence-corrected chi connectivity index (χ2v) is 20.1. The lowest BCUT2D eigenvalue weighted by Gasteiger charge is -2.22. The summed E-state index contributed by atoms with van der Waals surface area (Å²) in [7, 11) is 0. The monoisotopic (exact) mass is 902 g/mol. The van der Waals surface area contributed by atoms with Gasteiger partial charge in [-0.05, 0) is 168 Å². The van der Waals surface area contributed by atoms with E-state index < -0.39 is 0 Å². The maximum Gasteiger partial charge on any atom is 0.135 e. The van der Waals surface area contributed by atoms with Crippen LogP contribution in [0.25, 0.3) is 162 Å². The van der Waals surface area contributed by atoms with Crippen LogP contribution in [-0.4, -0.2) is 0 Å². The van der Waals surface area contributed by atoms with Crippen LogP contribution in [0.3, 0.4) is 0 Å². The molecule has 0 saturated heterocycles. The first kappa shape index (κ1) is 38.2. The van der Waals surface area contributed by atoms with Gasteiger partial charge in [0.1, 0.15) is 11.2 Å². The van der Waals surface area contributed by atoms with Gasteiger partial charge in [-0.1, -0.05) is 182 Å². The summed E-state index contributed by atoms with van der Waals surface area (Å²) in [6.45, 7) is 0. The van der Waals surface area contributed by atoms with Crippen LogP contribution in [0.1, 0.15) is 0 Å². The molecule has 2 aromatic heterocycles. The fourth-order valence-electron chi connectivity index (χ4n) is 12.4. The SMILES string of the molecule is c1ccc2cc3c(cc2c1)c1ccccc1c1cc2sc4cc(-c5c6ccccc6c(-c6c7ccccc7c(-c7ccc8oc9ccccc9c8c7)c7ccccc67)c6ccccc56)ccc4c2cc31. The third kappa shape index (κ3) is 5.31. The number of fused-ring (bicyclic) bond motifs is 17. The van der Waals surface area contributed by atoms with Crippen molar-refractivity contribution in [2.24, 2.45) is 0 Å². The standard InChI is InChI=1S/C68H38OS/c1-2-16-40-34-56-55(33-39(40)15-1)43-17-3-4-18-44(43)58-38-64-60(37-57(56)58)46-31-29-42(36-63(46)70-64)66-49-22-7-11-26-53(49)68(54-27-12-8-23-50(54)66)67-51-24-9-5-20-47(51)65(48-21-6-10-25-52(48)67)41-30-32-62-59(35-41)45-19-13-14-28-61(45)69-62/h1-38H. The smallest absolute Gasteiger partial charge is 0.135 e. The summed E-state index contributed by atoms with van der Waals surface area (Å²) in [6, 6.07) is 86.0. The summed E-state index contributed by atoms with van der Waals surface area (Å²) >= 11 is 1.91. The number of hydrogen-bond acceptors (Lipinski definition) is 2. The highest BCUT2D eigenvalue weighted by Crippen LogP contribution is 2.51. The van der Waals surface area contributed by atoms with Crippen LogP contribution in [0, 0.1) is 0 Å². The molecule has 0 spiro atoms. The molecule has 1 nitrogen and oxygen atoms in total. The number of hydrogen-bond donors (Lipinski definition) is 0. The topological polar surface area (TPSA) is 13.1 Å². The minimum Gasteiger partial charge on any atom is -0.456 e. The van der Waals surface area contributed by atoms with Gasteiger partial charge < -0.3 is 4.42 Å². The van der Waals surface area contributed by atoms with Crippen molar-refractivity contribution < 1.29 is 4.42 Å². The fourth-order valence-corrected chi connectivity index (χ4v) is 13.5. The van der Waals surface area contributed by atoms with Crippen LogP contribution in [-0.2, 0) is 0 Å². The van der Waals surface area contributed by atoms with E-state index in [0.29, 0.717) is 0 Å². The second kappa shape index (κ2) is 14.4. The van der Waals surface area contributed by atoms with Crippen LogP contribution in [0.5, 0.6) is 0 Å². The summed E-state index contributed by atoms with van der Waals surface area (Å²) in [4.78, 5) is 0. The first-order valence-corrected chi connectivity index (χ1v) is 25.0. The van der Waals surface area contributed by atoms with Gasteiger partial charge in [0.2, 0.25) is 0 Å². The molecule has 0 aliphatic heterocycles. The minimum atomic E-state index is 0.907. The van der Waals surface area contributed by atoms with Crippen LogP contribution in [0.4, 0.5) is 0 Å². The highest BCUT2D eigenvalue weighted by molar-refractivity contribution is 7.26. The normalized spacial score (nSPS) is 12.3. The summed E-state index contributed by atoms with van der Waals surface area (Å²) in [5, 5.41) is 25.2. The maximum atomic E-state index is 6.31. The Bertz CT molecular complexity index is 4840. The maximum absolute atomic E-state index is 6.31. The lowest BCUT2D eigenvalue weighted by atomic mass is 9.81. The third-order valence-electron chi connectivity index (χ3n) is 15.4. The Morgan fingerprint density at radius 1 is 0.214 bits per heavy atom. The van der Waals surface area contributed by atoms with E-state index in [9.17, 15) is 0 Å². The summed E-state index contributed by atoms with van der Waals surface area (Å²) in [6.07, 6.45) is 0. The van der Waals surface area contributed by atoms with Gasteiger partial charge in [-0.25, -0.2) is 0 Å². The molecule has 0 aliphatic rings.